The van der Waals surface area contributed by atoms with E-state index in [-0.39, 0.29) is 24.2 Å². The number of rotatable bonds is 7. The maximum atomic E-state index is 13.0. The molecule has 6 nitrogen and oxygen atoms in total. The minimum Gasteiger partial charge on any atom is -0.493 e. The zero-order valence-corrected chi connectivity index (χ0v) is 18.0. The van der Waals surface area contributed by atoms with Gasteiger partial charge in [-0.25, -0.2) is 0 Å². The van der Waals surface area contributed by atoms with E-state index in [9.17, 15) is 9.59 Å². The lowest BCUT2D eigenvalue weighted by Gasteiger charge is -2.23. The number of hydrogen-bond acceptors (Lipinski definition) is 5. The summed E-state index contributed by atoms with van der Waals surface area (Å²) in [5, 5.41) is 0. The van der Waals surface area contributed by atoms with Crippen molar-refractivity contribution in [1.82, 2.24) is 4.90 Å². The van der Waals surface area contributed by atoms with E-state index in [0.717, 1.165) is 16.1 Å². The van der Waals surface area contributed by atoms with Gasteiger partial charge in [-0.15, -0.1) is 11.8 Å². The van der Waals surface area contributed by atoms with Gasteiger partial charge in [0.25, 0.3) is 0 Å². The van der Waals surface area contributed by atoms with Crippen LogP contribution in [0.1, 0.15) is 12.0 Å². The van der Waals surface area contributed by atoms with Gasteiger partial charge in [0.15, 0.2) is 11.5 Å². The first-order chi connectivity index (χ1) is 14.0. The van der Waals surface area contributed by atoms with Crippen molar-refractivity contribution in [2.24, 2.45) is 5.92 Å². The number of methoxy groups -OCH3 is 2. The second kappa shape index (κ2) is 9.22. The highest BCUT2D eigenvalue weighted by molar-refractivity contribution is 7.98. The third kappa shape index (κ3) is 4.50. The van der Waals surface area contributed by atoms with Crippen LogP contribution in [0.5, 0.6) is 11.5 Å². The molecule has 2 aromatic carbocycles. The summed E-state index contributed by atoms with van der Waals surface area (Å²) in [6.07, 6.45) is 2.22. The van der Waals surface area contributed by atoms with Crippen molar-refractivity contribution < 1.29 is 19.1 Å². The van der Waals surface area contributed by atoms with Crippen molar-refractivity contribution >= 4 is 29.3 Å². The molecule has 1 saturated heterocycles. The van der Waals surface area contributed by atoms with Crippen LogP contribution in [0.4, 0.5) is 5.69 Å². The first-order valence-electron chi connectivity index (χ1n) is 9.37. The fraction of sp³-hybridized carbons (Fsp3) is 0.364. The predicted molar refractivity (Wildman–Crippen MR) is 115 cm³/mol. The molecule has 2 aromatic rings. The third-order valence-corrected chi connectivity index (χ3v) is 5.83. The Labute approximate surface area is 175 Å². The molecule has 1 aliphatic heterocycles. The molecule has 1 heterocycles. The summed E-state index contributed by atoms with van der Waals surface area (Å²) >= 11 is 1.63. The first kappa shape index (κ1) is 21.0. The molecule has 7 heteroatoms. The van der Waals surface area contributed by atoms with Gasteiger partial charge in [-0.05, 0) is 30.5 Å². The molecule has 3 rings (SSSR count). The van der Waals surface area contributed by atoms with Crippen LogP contribution in [0.15, 0.2) is 47.4 Å². The van der Waals surface area contributed by atoms with Crippen LogP contribution in [0, 0.1) is 5.92 Å². The van der Waals surface area contributed by atoms with Gasteiger partial charge in [0, 0.05) is 42.7 Å². The Morgan fingerprint density at radius 1 is 1.21 bits per heavy atom. The topological polar surface area (TPSA) is 59.1 Å². The van der Waals surface area contributed by atoms with Crippen LogP contribution >= 0.6 is 11.8 Å². The van der Waals surface area contributed by atoms with Gasteiger partial charge in [-0.2, -0.15) is 0 Å². The summed E-state index contributed by atoms with van der Waals surface area (Å²) in [5.41, 5.74) is 1.70. The molecule has 1 fully saturated rings. The lowest BCUT2D eigenvalue weighted by molar-refractivity contribution is -0.135. The summed E-state index contributed by atoms with van der Waals surface area (Å²) < 4.78 is 10.8. The Balaban J connectivity index is 1.72. The van der Waals surface area contributed by atoms with Gasteiger partial charge in [0.2, 0.25) is 11.8 Å². The largest absolute Gasteiger partial charge is 0.493 e. The number of benzene rings is 2. The first-order valence-corrected chi connectivity index (χ1v) is 10.6. The van der Waals surface area contributed by atoms with Gasteiger partial charge in [0.05, 0.1) is 20.1 Å². The maximum Gasteiger partial charge on any atom is 0.228 e. The third-order valence-electron chi connectivity index (χ3n) is 5.11. The van der Waals surface area contributed by atoms with Crippen molar-refractivity contribution in [3.63, 3.8) is 0 Å². The van der Waals surface area contributed by atoms with Crippen molar-refractivity contribution in [2.75, 3.05) is 39.0 Å². The van der Waals surface area contributed by atoms with Crippen LogP contribution in [-0.4, -0.2) is 50.8 Å². The van der Waals surface area contributed by atoms with Gasteiger partial charge in [-0.1, -0.05) is 18.2 Å². The van der Waals surface area contributed by atoms with Crippen LogP contribution in [0.25, 0.3) is 0 Å². The van der Waals surface area contributed by atoms with Gasteiger partial charge in [-0.3, -0.25) is 9.59 Å². The van der Waals surface area contributed by atoms with E-state index in [1.54, 1.807) is 42.8 Å². The molecular formula is C22H26N2O4S. The summed E-state index contributed by atoms with van der Waals surface area (Å²) in [6.45, 7) is 0.779. The van der Waals surface area contributed by atoms with E-state index in [0.29, 0.717) is 24.6 Å². The molecular weight excluding hydrogens is 388 g/mol. The summed E-state index contributed by atoms with van der Waals surface area (Å²) in [7, 11) is 4.92. The lowest BCUT2D eigenvalue weighted by atomic mass is 10.1. The maximum absolute atomic E-state index is 13.0. The molecule has 0 bridgehead atoms. The van der Waals surface area contributed by atoms with Gasteiger partial charge >= 0.3 is 0 Å². The summed E-state index contributed by atoms with van der Waals surface area (Å²) in [6, 6.07) is 13.4. The van der Waals surface area contributed by atoms with Crippen LogP contribution in [-0.2, 0) is 16.1 Å². The monoisotopic (exact) mass is 414 g/mol. The highest BCUT2D eigenvalue weighted by Crippen LogP contribution is 2.32. The lowest BCUT2D eigenvalue weighted by Crippen LogP contribution is -2.34. The Hall–Kier alpha value is -2.67. The minimum atomic E-state index is -0.359. The number of carbonyl (C=O) groups excluding carboxylic acids is 2. The average molecular weight is 415 g/mol. The number of thioether (sulfide) groups is 1. The second-order valence-corrected chi connectivity index (χ2v) is 7.83. The van der Waals surface area contributed by atoms with Crippen molar-refractivity contribution in [3.8, 4) is 11.5 Å². The average Bonchev–Trinajstić information content (AvgIpc) is 3.14. The molecule has 1 atom stereocenters. The quantitative estimate of drug-likeness (QED) is 0.650. The SMILES string of the molecule is COc1cccc(CN(C)C(=O)[C@@H]2CC(=O)N(c3cccc(SC)c3)C2)c1OC. The fourth-order valence-electron chi connectivity index (χ4n) is 3.62. The number of nitrogens with zero attached hydrogens (tertiary/aromatic N) is 2. The standard InChI is InChI=1S/C22H26N2O4S/c1-23(13-15-7-5-10-19(27-2)21(15)28-3)22(26)16-11-20(25)24(14-16)17-8-6-9-18(12-17)29-4/h5-10,12,16H,11,13-14H2,1-4H3/t16-/m1/s1. The number of carbonyl (C=O) groups is 2. The van der Waals surface area contributed by atoms with E-state index < -0.39 is 0 Å². The highest BCUT2D eigenvalue weighted by atomic mass is 32.2. The molecule has 0 N–H and O–H groups in total. The Bertz CT molecular complexity index is 902. The van der Waals surface area contributed by atoms with E-state index in [1.807, 2.05) is 48.7 Å². The minimum absolute atomic E-state index is 0.0195. The highest BCUT2D eigenvalue weighted by Gasteiger charge is 2.36. The predicted octanol–water partition coefficient (Wildman–Crippen LogP) is 3.44. The van der Waals surface area contributed by atoms with Crippen molar-refractivity contribution in [3.05, 3.63) is 48.0 Å². The molecule has 0 aliphatic carbocycles. The zero-order valence-electron chi connectivity index (χ0n) is 17.2. The van der Waals surface area contributed by atoms with Crippen LogP contribution in [0.3, 0.4) is 0 Å². The Kier molecular flexibility index (Phi) is 6.69. The molecule has 1 aliphatic rings. The fourth-order valence-corrected chi connectivity index (χ4v) is 4.08. The molecule has 0 spiro atoms. The molecule has 2 amide bonds. The number of amides is 2. The number of anilines is 1. The van der Waals surface area contributed by atoms with Crippen molar-refractivity contribution in [1.29, 1.82) is 0 Å². The normalized spacial score (nSPS) is 16.1. The molecule has 0 aromatic heterocycles. The number of ether oxygens (including phenoxy) is 2. The van der Waals surface area contributed by atoms with Crippen LogP contribution < -0.4 is 14.4 Å². The van der Waals surface area contributed by atoms with E-state index >= 15 is 0 Å². The summed E-state index contributed by atoms with van der Waals surface area (Å²) in [4.78, 5) is 30.0. The van der Waals surface area contributed by atoms with E-state index in [4.69, 9.17) is 9.47 Å². The smallest absolute Gasteiger partial charge is 0.228 e. The molecule has 154 valence electrons. The molecule has 0 radical (unpaired) electrons. The number of para-hydroxylation sites is 1. The number of hydrogen-bond donors (Lipinski definition) is 0. The zero-order chi connectivity index (χ0) is 21.0. The summed E-state index contributed by atoms with van der Waals surface area (Å²) in [5.74, 6) is 0.817. The van der Waals surface area contributed by atoms with Gasteiger partial charge < -0.3 is 19.3 Å². The molecule has 0 unspecified atom stereocenters. The molecule has 29 heavy (non-hydrogen) atoms. The molecule has 0 saturated carbocycles. The van der Waals surface area contributed by atoms with Crippen molar-refractivity contribution in [2.45, 2.75) is 17.9 Å². The Morgan fingerprint density at radius 2 is 1.97 bits per heavy atom. The van der Waals surface area contributed by atoms with Crippen LogP contribution in [0.2, 0.25) is 0 Å². The van der Waals surface area contributed by atoms with E-state index in [1.165, 1.54) is 0 Å². The van der Waals surface area contributed by atoms with Gasteiger partial charge in [0.1, 0.15) is 0 Å². The van der Waals surface area contributed by atoms with E-state index in [2.05, 4.69) is 0 Å². The second-order valence-electron chi connectivity index (χ2n) is 6.95. The Morgan fingerprint density at radius 3 is 2.66 bits per heavy atom.